The smallest absolute Gasteiger partial charge is 0.337 e. The average molecular weight is 1900 g/mol. The van der Waals surface area contributed by atoms with E-state index in [-0.39, 0.29) is 25.3 Å². The minimum atomic E-state index is -2.53. The molecule has 130 heavy (non-hydrogen) atoms. The summed E-state index contributed by atoms with van der Waals surface area (Å²) < 4.78 is 104. The molecule has 0 bridgehead atoms. The van der Waals surface area contributed by atoms with Crippen molar-refractivity contribution >= 4 is 88.2 Å². The number of hydrogen-bond donors (Lipinski definition) is 23. The number of aliphatic hydroxyl groups excluding tert-OH is 17. The number of ether oxygens (including phenoxy) is 18. The van der Waals surface area contributed by atoms with Crippen molar-refractivity contribution in [1.29, 1.82) is 0 Å². The van der Waals surface area contributed by atoms with Crippen LogP contribution in [0.1, 0.15) is 47.5 Å². The van der Waals surface area contributed by atoms with Crippen molar-refractivity contribution < 1.29 is 215 Å². The fraction of sp³-hybridized carbons (Fsp3) is 0.727. The van der Waals surface area contributed by atoms with Crippen molar-refractivity contribution in [3.05, 3.63) is 42.5 Å². The number of fused-ring (bicyclic) bond motifs is 2. The van der Waals surface area contributed by atoms with Gasteiger partial charge in [0.05, 0.1) is 71.3 Å². The number of methoxy groups -OCH3 is 3. The summed E-state index contributed by atoms with van der Waals surface area (Å²) in [5, 5.41) is 205. The van der Waals surface area contributed by atoms with E-state index >= 15 is 4.79 Å². The first kappa shape index (κ1) is 104. The summed E-state index contributed by atoms with van der Waals surface area (Å²) in [5.41, 5.74) is 6.24. The fourth-order valence-corrected chi connectivity index (χ4v) is 17.9. The topological polar surface area (TPSA) is 739 Å². The monoisotopic (exact) mass is 1900 g/mol. The Hall–Kier alpha value is -6.95. The molecule has 8 fully saturated rings. The van der Waals surface area contributed by atoms with E-state index in [1.54, 1.807) is 17.0 Å². The summed E-state index contributed by atoms with van der Waals surface area (Å²) in [7, 11) is 2.62. The number of amides is 6. The molecule has 23 N–H and O–H groups in total. The van der Waals surface area contributed by atoms with Gasteiger partial charge in [-0.2, -0.15) is 0 Å². The number of thioether (sulfide) groups is 1. The molecule has 9 heterocycles. The Labute approximate surface area is 747 Å². The van der Waals surface area contributed by atoms with E-state index in [0.717, 1.165) is 63.7 Å². The van der Waals surface area contributed by atoms with Gasteiger partial charge in [0.25, 0.3) is 5.91 Å². The first-order chi connectivity index (χ1) is 61.8. The average Bonchev–Trinajstić information content (AvgIpc) is 0.766. The Morgan fingerprint density at radius 2 is 0.738 bits per heavy atom. The Morgan fingerprint density at radius 3 is 1.14 bits per heavy atom. The number of hydrazine groups is 1. The van der Waals surface area contributed by atoms with Gasteiger partial charge in [-0.1, -0.05) is 23.9 Å². The summed E-state index contributed by atoms with van der Waals surface area (Å²) in [6, 6.07) is 5.77. The summed E-state index contributed by atoms with van der Waals surface area (Å²) in [5.74, 6) is -9.17. The lowest BCUT2D eigenvalue weighted by atomic mass is 9.92. The highest BCUT2D eigenvalue weighted by Crippen LogP contribution is 2.50. The zero-order valence-corrected chi connectivity index (χ0v) is 72.6. The van der Waals surface area contributed by atoms with Gasteiger partial charge in [-0.05, 0) is 49.9 Å². The predicted molar refractivity (Wildman–Crippen MR) is 423 cm³/mol. The second-order valence-corrected chi connectivity index (χ2v) is 33.6. The number of anilines is 2. The molecule has 6 amide bonds. The minimum Gasteiger partial charge on any atom is -0.467 e. The number of para-hydroxylation sites is 1. The maximum atomic E-state index is 15.0. The highest BCUT2D eigenvalue weighted by molar-refractivity contribution is 8.00. The number of nitrogens with zero attached hydrogens (tertiary/aromatic N) is 1. The van der Waals surface area contributed by atoms with Gasteiger partial charge in [0.2, 0.25) is 29.5 Å². The Morgan fingerprint density at radius 1 is 0.392 bits per heavy atom. The zero-order valence-electron chi connectivity index (χ0n) is 71.0. The summed E-state index contributed by atoms with van der Waals surface area (Å²) >= 11 is 2.92. The molecule has 2 aromatic rings. The van der Waals surface area contributed by atoms with E-state index in [9.17, 15) is 125 Å². The van der Waals surface area contributed by atoms with Crippen LogP contribution in [0.2, 0.25) is 0 Å². The number of rotatable bonds is 32. The van der Waals surface area contributed by atoms with Crippen LogP contribution in [0.5, 0.6) is 0 Å². The van der Waals surface area contributed by atoms with Crippen LogP contribution >= 0.6 is 23.5 Å². The third kappa shape index (κ3) is 22.7. The van der Waals surface area contributed by atoms with Gasteiger partial charge >= 0.3 is 17.9 Å². The normalized spacial score (nSPS) is 40.2. The lowest BCUT2D eigenvalue weighted by Crippen LogP contribution is -2.71. The number of hydrogen-bond acceptors (Lipinski definition) is 47. The van der Waals surface area contributed by atoms with Gasteiger partial charge < -0.3 is 193 Å². The molecule has 0 saturated carbocycles. The number of esters is 3. The molecule has 51 nitrogen and oxygen atoms in total. The minimum absolute atomic E-state index is 0.00144. The van der Waals surface area contributed by atoms with Crippen molar-refractivity contribution in [3.63, 3.8) is 0 Å². The van der Waals surface area contributed by atoms with Gasteiger partial charge in [-0.15, -0.1) is 11.8 Å². The number of carbonyl (C=O) groups is 9. The second kappa shape index (κ2) is 45.6. The van der Waals surface area contributed by atoms with Crippen molar-refractivity contribution in [2.45, 2.75) is 307 Å². The molecule has 9 aliphatic rings. The molecule has 8 saturated heterocycles. The van der Waals surface area contributed by atoms with E-state index in [2.05, 4.69) is 36.9 Å². The molecule has 16 unspecified atom stereocenters. The van der Waals surface area contributed by atoms with Gasteiger partial charge in [-0.25, -0.2) is 19.8 Å². The van der Waals surface area contributed by atoms with E-state index < -0.39 is 319 Å². The molecular weight excluding hydrogens is 1790 g/mol. The van der Waals surface area contributed by atoms with Crippen molar-refractivity contribution in [2.24, 2.45) is 0 Å². The Kier molecular flexibility index (Phi) is 36.3. The van der Waals surface area contributed by atoms with Crippen LogP contribution in [0.3, 0.4) is 0 Å². The molecule has 0 spiro atoms. The number of benzene rings is 2. The first-order valence-electron chi connectivity index (χ1n) is 41.0. The zero-order chi connectivity index (χ0) is 95.0. The maximum Gasteiger partial charge on any atom is 0.337 e. The lowest BCUT2D eigenvalue weighted by molar-refractivity contribution is -0.381. The molecule has 53 heteroatoms. The molecule has 0 aromatic heterocycles. The van der Waals surface area contributed by atoms with Crippen molar-refractivity contribution in [1.82, 2.24) is 32.1 Å². The van der Waals surface area contributed by atoms with E-state index in [4.69, 9.17) is 80.5 Å². The van der Waals surface area contributed by atoms with Crippen LogP contribution in [0, 0.1) is 0 Å². The highest BCUT2D eigenvalue weighted by atomic mass is 32.2. The largest absolute Gasteiger partial charge is 0.467 e. The quantitative estimate of drug-likeness (QED) is 0.0106. The van der Waals surface area contributed by atoms with Gasteiger partial charge in [-0.3, -0.25) is 39.1 Å². The molecule has 0 radical (unpaired) electrons. The molecular formula is C77H111N7O44S2. The predicted octanol–water partition coefficient (Wildman–Crippen LogP) is -12.3. The van der Waals surface area contributed by atoms with Crippen LogP contribution in [-0.4, -0.2) is 446 Å². The molecule has 11 rings (SSSR count). The van der Waals surface area contributed by atoms with Crippen LogP contribution in [-0.2, 0) is 128 Å². The van der Waals surface area contributed by atoms with E-state index in [1.807, 2.05) is 36.6 Å². The van der Waals surface area contributed by atoms with Crippen LogP contribution in [0.15, 0.2) is 57.2 Å². The fourth-order valence-electron chi connectivity index (χ4n) is 16.4. The number of carbonyl (C=O) groups excluding carboxylic acids is 9. The summed E-state index contributed by atoms with van der Waals surface area (Å²) in [6.07, 6.45) is -74.6. The highest BCUT2D eigenvalue weighted by Gasteiger charge is 2.62. The lowest BCUT2D eigenvalue weighted by Gasteiger charge is -2.51. The van der Waals surface area contributed by atoms with Crippen molar-refractivity contribution in [3.8, 4) is 0 Å². The maximum absolute atomic E-state index is 15.0. The summed E-state index contributed by atoms with van der Waals surface area (Å²) in [4.78, 5) is 125. The van der Waals surface area contributed by atoms with E-state index in [0.29, 0.717) is 11.4 Å². The van der Waals surface area contributed by atoms with Crippen LogP contribution in [0.25, 0.3) is 0 Å². The molecule has 2 aromatic carbocycles. The Bertz CT molecular complexity index is 4200. The number of aliphatic hydroxyl groups is 17. The number of nitrogens with one attached hydrogen (secondary N) is 6. The van der Waals surface area contributed by atoms with Crippen molar-refractivity contribution in [2.75, 3.05) is 65.5 Å². The third-order valence-corrected chi connectivity index (χ3v) is 24.7. The SMILES string of the molecule is COC(=O)C1O[C@@H](O[C@H]2C(CO)O[C@@H](O[C@H]3C(C(=O)OC)O[C@@H](O[C@H]4C(CO)O[C@@H](O[C@H]5C(C(=O)NNCCCC(=O)N6c7ccccc7Sc7ccc(SC)cc76)O[C@@H](O[C@H]6C(CO)O[C@@H](O[C@H]7C(C(=O)OC)O[C@@H](O[C@H]8C(CO)O[C@@H](C)C(NC(C)=O)[C@H]8O)C(O)[C@H]7O)C(NC(C)=O)[C@H]6O)C(O)[C@H]5O)C(NC(C)=O)[C@H]4O)C(O)[C@H]3O)C(NC(C)=O)[C@H]2O)C(O)[C@@H](O)[C@H]1O. The van der Waals surface area contributed by atoms with Crippen LogP contribution < -0.4 is 37.0 Å². The first-order valence-corrected chi connectivity index (χ1v) is 43.1. The van der Waals surface area contributed by atoms with E-state index in [1.165, 1.54) is 30.4 Å². The standard InChI is InChI=1S/C77H111N7O44S2/c1-24-39(79-25(2)89)43(94)56(32(20-85)114-24)118-76-54(105)50(101)61(65(127-76)69(109)112-7)123-73-42(82-28(5)92)46(97)58(34(22-87)117-73)120-75-53(104)49(100)60(64(126-75)67(107)83-78-18-12-15-38(93)84-30-13-10-11-14-36(30)130-37-17-16-29(129-9)19-31(37)84)122-71-40(80-26(3)90)44(95)59(35(23-88)115-71)121-77-55(106)51(102)62(66(128-77)70(110)113-8)124-72-41(81-27(4)91)45(96)57(33(21-86)116-72)119-74-52(103)47(98)48(99)63(125-74)68(108)111-6/h10-11,13-14,16-17,19,24,32-35,39-66,71-78,85-88,94-106H,12,15,18,20-23H2,1-9H3,(H,79,89)(H,80,90)(H,81,91)(H,82,92)(H,83,107)/t24-,32?,33?,34?,35?,39?,40?,41?,42?,43+,44+,45+,46+,47-,48+,49+,50+,51+,52?,53?,54?,55?,56-,57-,58-,59-,60+,61+,62+,63?,64?,65?,66?,71-,72-,73-,74+,75+,76+,77+/m0/s1. The Balaban J connectivity index is 0.830. The molecule has 0 aliphatic carbocycles. The summed E-state index contributed by atoms with van der Waals surface area (Å²) in [6.45, 7) is 0.836. The molecule has 730 valence electrons. The van der Waals surface area contributed by atoms with Crippen LogP contribution in [0.4, 0.5) is 11.4 Å². The van der Waals surface area contributed by atoms with Gasteiger partial charge in [0, 0.05) is 55.3 Å². The van der Waals surface area contributed by atoms with Gasteiger partial charge in [0.1, 0.15) is 165 Å². The molecule has 9 aliphatic heterocycles. The van der Waals surface area contributed by atoms with Gasteiger partial charge in [0.15, 0.2) is 68.4 Å². The third-order valence-electron chi connectivity index (χ3n) is 22.9. The molecule has 40 atom stereocenters. The second-order valence-electron chi connectivity index (χ2n) is 31.6.